The van der Waals surface area contributed by atoms with Crippen LogP contribution in [-0.2, 0) is 13.5 Å². The number of carbonyl (C=O) groups excluding carboxylic acids is 1. The zero-order valence-electron chi connectivity index (χ0n) is 11.4. The molecule has 0 unspecified atom stereocenters. The molecule has 0 saturated carbocycles. The normalized spacial score (nSPS) is 10.6. The zero-order valence-corrected chi connectivity index (χ0v) is 12.2. The quantitative estimate of drug-likeness (QED) is 0.906. The molecule has 0 aliphatic carbocycles. The Balaban J connectivity index is 2.21. The Morgan fingerprint density at radius 3 is 2.65 bits per heavy atom. The maximum absolute atomic E-state index is 12.1. The van der Waals surface area contributed by atoms with Crippen LogP contribution in [-0.4, -0.2) is 26.8 Å². The Morgan fingerprint density at radius 2 is 2.15 bits per heavy atom. The molecule has 2 heterocycles. The Hall–Kier alpha value is -2.15. The first-order valence-electron chi connectivity index (χ1n) is 6.10. The van der Waals surface area contributed by atoms with Crippen molar-refractivity contribution in [1.29, 1.82) is 0 Å². The van der Waals surface area contributed by atoms with Gasteiger partial charge >= 0.3 is 5.97 Å². The average Bonchev–Trinajstić information content (AvgIpc) is 2.92. The molecule has 0 aliphatic rings. The van der Waals surface area contributed by atoms with Crippen molar-refractivity contribution in [2.24, 2.45) is 7.05 Å². The maximum Gasteiger partial charge on any atom is 0.346 e. The highest BCUT2D eigenvalue weighted by Gasteiger charge is 2.17. The van der Waals surface area contributed by atoms with E-state index < -0.39 is 5.97 Å². The number of carboxylic acids is 1. The standard InChI is InChI=1S/C13H15N3O3S/c1-4-8-6-9(16(3)15-8)12(17)14-10-5-7(2)11(20-10)13(18)19/h5-6H,4H2,1-3H3,(H,14,17)(H,18,19). The highest BCUT2D eigenvalue weighted by Crippen LogP contribution is 2.27. The number of carboxylic acid groups (broad SMARTS) is 1. The van der Waals surface area contributed by atoms with Crippen LogP contribution < -0.4 is 5.32 Å². The predicted molar refractivity (Wildman–Crippen MR) is 76.6 cm³/mol. The molecule has 1 amide bonds. The van der Waals surface area contributed by atoms with E-state index >= 15 is 0 Å². The Kier molecular flexibility index (Phi) is 3.89. The molecule has 0 radical (unpaired) electrons. The number of carbonyl (C=O) groups is 2. The van der Waals surface area contributed by atoms with E-state index in [-0.39, 0.29) is 10.8 Å². The molecule has 6 nitrogen and oxygen atoms in total. The number of aromatic nitrogens is 2. The monoisotopic (exact) mass is 293 g/mol. The van der Waals surface area contributed by atoms with Crippen LogP contribution in [0.4, 0.5) is 5.00 Å². The summed E-state index contributed by atoms with van der Waals surface area (Å²) >= 11 is 1.05. The fourth-order valence-corrected chi connectivity index (χ4v) is 2.75. The van der Waals surface area contributed by atoms with Crippen molar-refractivity contribution in [2.45, 2.75) is 20.3 Å². The number of nitrogens with zero attached hydrogens (tertiary/aromatic N) is 2. The summed E-state index contributed by atoms with van der Waals surface area (Å²) in [5.74, 6) is -1.28. The second-order valence-electron chi connectivity index (χ2n) is 4.38. The van der Waals surface area contributed by atoms with Crippen molar-refractivity contribution in [1.82, 2.24) is 9.78 Å². The number of aromatic carboxylic acids is 1. The van der Waals surface area contributed by atoms with E-state index in [1.807, 2.05) is 6.92 Å². The van der Waals surface area contributed by atoms with Crippen molar-refractivity contribution < 1.29 is 14.7 Å². The van der Waals surface area contributed by atoms with E-state index in [4.69, 9.17) is 5.11 Å². The van der Waals surface area contributed by atoms with Crippen molar-refractivity contribution in [3.05, 3.63) is 34.0 Å². The number of hydrogen-bond donors (Lipinski definition) is 2. The summed E-state index contributed by atoms with van der Waals surface area (Å²) in [5.41, 5.74) is 1.92. The third kappa shape index (κ3) is 2.72. The van der Waals surface area contributed by atoms with E-state index in [1.54, 1.807) is 26.1 Å². The largest absolute Gasteiger partial charge is 0.477 e. The number of thiophene rings is 1. The van der Waals surface area contributed by atoms with Gasteiger partial charge in [0.15, 0.2) is 0 Å². The number of hydrogen-bond acceptors (Lipinski definition) is 4. The van der Waals surface area contributed by atoms with Crippen molar-refractivity contribution in [3.63, 3.8) is 0 Å². The predicted octanol–water partition coefficient (Wildman–Crippen LogP) is 2.30. The van der Waals surface area contributed by atoms with Crippen molar-refractivity contribution >= 4 is 28.2 Å². The highest BCUT2D eigenvalue weighted by atomic mass is 32.1. The number of nitrogens with one attached hydrogen (secondary N) is 1. The van der Waals surface area contributed by atoms with Gasteiger partial charge < -0.3 is 10.4 Å². The van der Waals surface area contributed by atoms with Gasteiger partial charge in [-0.2, -0.15) is 5.10 Å². The lowest BCUT2D eigenvalue weighted by molar-refractivity contribution is 0.0701. The summed E-state index contributed by atoms with van der Waals surface area (Å²) in [5, 5.41) is 16.4. The van der Waals surface area contributed by atoms with Crippen LogP contribution >= 0.6 is 11.3 Å². The Labute approximate surface area is 120 Å². The molecule has 2 aromatic heterocycles. The molecule has 0 spiro atoms. The molecule has 20 heavy (non-hydrogen) atoms. The average molecular weight is 293 g/mol. The molecule has 0 saturated heterocycles. The molecule has 7 heteroatoms. The van der Waals surface area contributed by atoms with Crippen LogP contribution in [0.5, 0.6) is 0 Å². The van der Waals surface area contributed by atoms with Gasteiger partial charge in [-0.3, -0.25) is 9.48 Å². The molecular weight excluding hydrogens is 278 g/mol. The SMILES string of the molecule is CCc1cc(C(=O)Nc2cc(C)c(C(=O)O)s2)n(C)n1. The van der Waals surface area contributed by atoms with Gasteiger partial charge in [0.1, 0.15) is 10.6 Å². The summed E-state index contributed by atoms with van der Waals surface area (Å²) in [4.78, 5) is 23.3. The highest BCUT2D eigenvalue weighted by molar-refractivity contribution is 7.18. The minimum atomic E-state index is -0.984. The molecule has 106 valence electrons. The van der Waals surface area contributed by atoms with Gasteiger partial charge in [0.05, 0.1) is 10.7 Å². The van der Waals surface area contributed by atoms with Gasteiger partial charge in [0, 0.05) is 7.05 Å². The molecule has 2 aromatic rings. The second-order valence-corrected chi connectivity index (χ2v) is 5.43. The second kappa shape index (κ2) is 5.46. The lowest BCUT2D eigenvalue weighted by Gasteiger charge is -2.01. The fourth-order valence-electron chi connectivity index (χ4n) is 1.84. The molecule has 2 rings (SSSR count). The molecule has 0 aliphatic heterocycles. The van der Waals surface area contributed by atoms with Crippen LogP contribution in [0.2, 0.25) is 0 Å². The molecule has 0 bridgehead atoms. The fraction of sp³-hybridized carbons (Fsp3) is 0.308. The Bertz CT molecular complexity index is 672. The first-order chi connectivity index (χ1) is 9.42. The lowest BCUT2D eigenvalue weighted by Crippen LogP contribution is -2.15. The minimum absolute atomic E-state index is 0.236. The van der Waals surface area contributed by atoms with Crippen LogP contribution in [0, 0.1) is 6.92 Å². The van der Waals surface area contributed by atoms with Crippen LogP contribution in [0.1, 0.15) is 38.3 Å². The molecular formula is C13H15N3O3S. The lowest BCUT2D eigenvalue weighted by atomic mass is 10.3. The number of anilines is 1. The van der Waals surface area contributed by atoms with Gasteiger partial charge in [-0.1, -0.05) is 6.92 Å². The number of rotatable bonds is 4. The van der Waals surface area contributed by atoms with E-state index in [0.29, 0.717) is 16.3 Å². The summed E-state index contributed by atoms with van der Waals surface area (Å²) < 4.78 is 1.52. The third-order valence-electron chi connectivity index (χ3n) is 2.87. The molecule has 0 aromatic carbocycles. The first-order valence-corrected chi connectivity index (χ1v) is 6.92. The van der Waals surface area contributed by atoms with Gasteiger partial charge in [0.2, 0.25) is 0 Å². The summed E-state index contributed by atoms with van der Waals surface area (Å²) in [6.07, 6.45) is 0.752. The number of amides is 1. The van der Waals surface area contributed by atoms with Gasteiger partial charge in [-0.15, -0.1) is 11.3 Å². The first kappa shape index (κ1) is 14.3. The van der Waals surface area contributed by atoms with Gasteiger partial charge in [-0.05, 0) is 31.0 Å². The topological polar surface area (TPSA) is 84.2 Å². The van der Waals surface area contributed by atoms with E-state index in [9.17, 15) is 9.59 Å². The Morgan fingerprint density at radius 1 is 1.45 bits per heavy atom. The van der Waals surface area contributed by atoms with Crippen LogP contribution in [0.25, 0.3) is 0 Å². The molecule has 0 atom stereocenters. The van der Waals surface area contributed by atoms with Crippen LogP contribution in [0.3, 0.4) is 0 Å². The van der Waals surface area contributed by atoms with E-state index in [1.165, 1.54) is 4.68 Å². The van der Waals surface area contributed by atoms with E-state index in [0.717, 1.165) is 23.5 Å². The van der Waals surface area contributed by atoms with Crippen LogP contribution in [0.15, 0.2) is 12.1 Å². The van der Waals surface area contributed by atoms with Crippen molar-refractivity contribution in [3.8, 4) is 0 Å². The van der Waals surface area contributed by atoms with E-state index in [2.05, 4.69) is 10.4 Å². The van der Waals surface area contributed by atoms with Gasteiger partial charge in [-0.25, -0.2) is 4.79 Å². The summed E-state index contributed by atoms with van der Waals surface area (Å²) in [7, 11) is 1.70. The third-order valence-corrected chi connectivity index (χ3v) is 4.01. The molecule has 0 fully saturated rings. The molecule has 2 N–H and O–H groups in total. The van der Waals surface area contributed by atoms with Crippen molar-refractivity contribution in [2.75, 3.05) is 5.32 Å². The zero-order chi connectivity index (χ0) is 14.9. The minimum Gasteiger partial charge on any atom is -0.477 e. The summed E-state index contributed by atoms with van der Waals surface area (Å²) in [6.45, 7) is 3.67. The van der Waals surface area contributed by atoms with Gasteiger partial charge in [0.25, 0.3) is 5.91 Å². The summed E-state index contributed by atoms with van der Waals surface area (Å²) in [6, 6.07) is 3.39. The maximum atomic E-state index is 12.1. The number of aryl methyl sites for hydroxylation is 3. The smallest absolute Gasteiger partial charge is 0.346 e.